The van der Waals surface area contributed by atoms with Crippen LogP contribution in [-0.4, -0.2) is 34.5 Å². The number of aromatic nitrogens is 2. The van der Waals surface area contributed by atoms with Gasteiger partial charge in [-0.05, 0) is 18.3 Å². The molecule has 1 rings (SSSR count). The minimum atomic E-state index is -0.378. The van der Waals surface area contributed by atoms with Gasteiger partial charge in [0.25, 0.3) is 0 Å². The van der Waals surface area contributed by atoms with E-state index in [-0.39, 0.29) is 10.6 Å². The van der Waals surface area contributed by atoms with E-state index in [9.17, 15) is 10.1 Å². The Morgan fingerprint density at radius 1 is 1.22 bits per heavy atom. The lowest BCUT2D eigenvalue weighted by Gasteiger charge is -2.27. The second kappa shape index (κ2) is 9.27. The molecule has 1 aromatic rings. The summed E-state index contributed by atoms with van der Waals surface area (Å²) < 4.78 is 0. The molecule has 1 heterocycles. The van der Waals surface area contributed by atoms with Crippen LogP contribution in [-0.2, 0) is 0 Å². The van der Waals surface area contributed by atoms with Crippen LogP contribution in [0, 0.1) is 22.0 Å². The lowest BCUT2D eigenvalue weighted by Crippen LogP contribution is -2.32. The molecule has 0 saturated heterocycles. The van der Waals surface area contributed by atoms with Gasteiger partial charge in [-0.15, -0.1) is 0 Å². The molecule has 0 aliphatic carbocycles. The Morgan fingerprint density at radius 2 is 1.83 bits per heavy atom. The molecular formula is C16H29N5O2. The van der Waals surface area contributed by atoms with Gasteiger partial charge in [0.05, 0.1) is 4.92 Å². The third kappa shape index (κ3) is 6.00. The van der Waals surface area contributed by atoms with Gasteiger partial charge in [-0.2, -0.15) is 0 Å². The van der Waals surface area contributed by atoms with E-state index in [1.807, 2.05) is 4.90 Å². The van der Waals surface area contributed by atoms with Gasteiger partial charge in [0.15, 0.2) is 0 Å². The largest absolute Gasteiger partial charge is 0.364 e. The summed E-state index contributed by atoms with van der Waals surface area (Å²) in [6.07, 6.45) is 3.37. The fourth-order valence-corrected chi connectivity index (χ4v) is 2.41. The lowest BCUT2D eigenvalue weighted by atomic mass is 10.1. The van der Waals surface area contributed by atoms with Gasteiger partial charge >= 0.3 is 5.69 Å². The van der Waals surface area contributed by atoms with Gasteiger partial charge in [0.2, 0.25) is 11.6 Å². The molecule has 1 aromatic heterocycles. The van der Waals surface area contributed by atoms with Crippen molar-refractivity contribution >= 4 is 17.3 Å². The molecule has 0 unspecified atom stereocenters. The van der Waals surface area contributed by atoms with Crippen LogP contribution in [0.3, 0.4) is 0 Å². The molecule has 0 atom stereocenters. The van der Waals surface area contributed by atoms with Gasteiger partial charge < -0.3 is 10.2 Å². The molecule has 0 saturated carbocycles. The number of nitro groups is 1. The van der Waals surface area contributed by atoms with Gasteiger partial charge in [0.1, 0.15) is 6.33 Å². The molecule has 0 radical (unpaired) electrons. The van der Waals surface area contributed by atoms with Crippen molar-refractivity contribution in [2.24, 2.45) is 11.8 Å². The summed E-state index contributed by atoms with van der Waals surface area (Å²) in [7, 11) is 0. The first-order valence-corrected chi connectivity index (χ1v) is 8.34. The van der Waals surface area contributed by atoms with Crippen LogP contribution in [0.5, 0.6) is 0 Å². The Morgan fingerprint density at radius 3 is 2.30 bits per heavy atom. The maximum absolute atomic E-state index is 11.6. The predicted molar refractivity (Wildman–Crippen MR) is 94.0 cm³/mol. The monoisotopic (exact) mass is 323 g/mol. The summed E-state index contributed by atoms with van der Waals surface area (Å²) in [6, 6.07) is 0. The standard InChI is InChI=1S/C16H29N5O2/c1-6-7-8-17-15-14(21(22)23)16(19-11-18-15)20(9-12(2)3)10-13(4)5/h11-13H,6-10H2,1-5H3,(H,17,18,19). The van der Waals surface area contributed by atoms with E-state index in [4.69, 9.17) is 0 Å². The minimum absolute atomic E-state index is 0.0232. The first-order chi connectivity index (χ1) is 10.9. The van der Waals surface area contributed by atoms with Crippen molar-refractivity contribution in [2.45, 2.75) is 47.5 Å². The Labute approximate surface area is 138 Å². The fraction of sp³-hybridized carbons (Fsp3) is 0.750. The Hall–Kier alpha value is -1.92. The third-order valence-electron chi connectivity index (χ3n) is 3.28. The Bertz CT molecular complexity index is 495. The van der Waals surface area contributed by atoms with Crippen molar-refractivity contribution in [1.29, 1.82) is 0 Å². The van der Waals surface area contributed by atoms with E-state index < -0.39 is 0 Å². The van der Waals surface area contributed by atoms with Crippen molar-refractivity contribution < 1.29 is 4.92 Å². The highest BCUT2D eigenvalue weighted by Gasteiger charge is 2.27. The summed E-state index contributed by atoms with van der Waals surface area (Å²) in [5, 5.41) is 14.7. The van der Waals surface area contributed by atoms with E-state index in [1.165, 1.54) is 6.33 Å². The van der Waals surface area contributed by atoms with E-state index in [2.05, 4.69) is 49.9 Å². The van der Waals surface area contributed by atoms with Gasteiger partial charge in [-0.3, -0.25) is 10.1 Å². The molecule has 7 heteroatoms. The minimum Gasteiger partial charge on any atom is -0.364 e. The second-order valence-corrected chi connectivity index (χ2v) is 6.62. The van der Waals surface area contributed by atoms with E-state index in [0.717, 1.165) is 25.9 Å². The van der Waals surface area contributed by atoms with Crippen molar-refractivity contribution in [3.8, 4) is 0 Å². The fourth-order valence-electron chi connectivity index (χ4n) is 2.41. The van der Waals surface area contributed by atoms with E-state index in [0.29, 0.717) is 30.0 Å². The van der Waals surface area contributed by atoms with Gasteiger partial charge in [-0.1, -0.05) is 41.0 Å². The zero-order chi connectivity index (χ0) is 17.4. The highest BCUT2D eigenvalue weighted by Crippen LogP contribution is 2.32. The topological polar surface area (TPSA) is 84.2 Å². The quantitative estimate of drug-likeness (QED) is 0.401. The summed E-state index contributed by atoms with van der Waals surface area (Å²) in [5.74, 6) is 1.50. The molecule has 0 spiro atoms. The number of rotatable bonds is 10. The van der Waals surface area contributed by atoms with Crippen LogP contribution in [0.1, 0.15) is 47.5 Å². The molecule has 7 nitrogen and oxygen atoms in total. The zero-order valence-corrected chi connectivity index (χ0v) is 14.9. The number of nitrogens with zero attached hydrogens (tertiary/aromatic N) is 4. The SMILES string of the molecule is CCCCNc1ncnc(N(CC(C)C)CC(C)C)c1[N+](=O)[O-]. The highest BCUT2D eigenvalue weighted by molar-refractivity contribution is 5.70. The average Bonchev–Trinajstić information content (AvgIpc) is 2.45. The number of unbranched alkanes of at least 4 members (excludes halogenated alkanes) is 1. The summed E-state index contributed by atoms with van der Waals surface area (Å²) >= 11 is 0. The first-order valence-electron chi connectivity index (χ1n) is 8.34. The number of nitrogens with one attached hydrogen (secondary N) is 1. The Kier molecular flexibility index (Phi) is 7.71. The molecule has 1 N–H and O–H groups in total. The van der Waals surface area contributed by atoms with Gasteiger partial charge in [0, 0.05) is 19.6 Å². The number of hydrogen-bond donors (Lipinski definition) is 1. The van der Waals surface area contributed by atoms with Crippen LogP contribution >= 0.6 is 0 Å². The maximum atomic E-state index is 11.6. The van der Waals surface area contributed by atoms with Crippen LogP contribution in [0.2, 0.25) is 0 Å². The van der Waals surface area contributed by atoms with Crippen LogP contribution in [0.15, 0.2) is 6.33 Å². The van der Waals surface area contributed by atoms with Crippen molar-refractivity contribution in [3.63, 3.8) is 0 Å². The molecular weight excluding hydrogens is 294 g/mol. The smallest absolute Gasteiger partial charge is 0.353 e. The van der Waals surface area contributed by atoms with E-state index in [1.54, 1.807) is 0 Å². The average molecular weight is 323 g/mol. The molecule has 0 aromatic carbocycles. The highest BCUT2D eigenvalue weighted by atomic mass is 16.6. The Balaban J connectivity index is 3.19. The first kappa shape index (κ1) is 19.1. The van der Waals surface area contributed by atoms with Gasteiger partial charge in [-0.25, -0.2) is 9.97 Å². The molecule has 23 heavy (non-hydrogen) atoms. The van der Waals surface area contributed by atoms with Crippen LogP contribution in [0.4, 0.5) is 17.3 Å². The molecule has 130 valence electrons. The van der Waals surface area contributed by atoms with Crippen molar-refractivity contribution in [2.75, 3.05) is 29.9 Å². The van der Waals surface area contributed by atoms with Crippen LogP contribution in [0.25, 0.3) is 0 Å². The maximum Gasteiger partial charge on any atom is 0.353 e. The lowest BCUT2D eigenvalue weighted by molar-refractivity contribution is -0.383. The molecule has 0 amide bonds. The third-order valence-corrected chi connectivity index (χ3v) is 3.28. The van der Waals surface area contributed by atoms with E-state index >= 15 is 0 Å². The molecule has 0 aliphatic rings. The summed E-state index contributed by atoms with van der Waals surface area (Å²) in [6.45, 7) is 12.6. The number of anilines is 2. The zero-order valence-electron chi connectivity index (χ0n) is 14.9. The molecule has 0 aliphatic heterocycles. The predicted octanol–water partition coefficient (Wildman–Crippen LogP) is 3.72. The summed E-state index contributed by atoms with van der Waals surface area (Å²) in [4.78, 5) is 21.5. The molecule has 0 fully saturated rings. The normalized spacial score (nSPS) is 11.1. The van der Waals surface area contributed by atoms with Crippen molar-refractivity contribution in [1.82, 2.24) is 9.97 Å². The second-order valence-electron chi connectivity index (χ2n) is 6.62. The summed E-state index contributed by atoms with van der Waals surface area (Å²) in [5.41, 5.74) is -0.0232. The number of hydrogen-bond acceptors (Lipinski definition) is 6. The van der Waals surface area contributed by atoms with Crippen molar-refractivity contribution in [3.05, 3.63) is 16.4 Å². The molecule has 0 bridgehead atoms. The van der Waals surface area contributed by atoms with Crippen LogP contribution < -0.4 is 10.2 Å².